The molecule has 0 saturated heterocycles. The number of carbonyl (C=O) groups excluding carboxylic acids is 2. The average molecular weight is 424 g/mol. The summed E-state index contributed by atoms with van der Waals surface area (Å²) in [4.78, 5) is 23.5. The van der Waals surface area contributed by atoms with E-state index >= 15 is 0 Å². The highest BCUT2D eigenvalue weighted by molar-refractivity contribution is 6.35. The summed E-state index contributed by atoms with van der Waals surface area (Å²) in [7, 11) is 0. The van der Waals surface area contributed by atoms with Crippen LogP contribution in [0.15, 0.2) is 47.6 Å². The second kappa shape index (κ2) is 11.2. The van der Waals surface area contributed by atoms with E-state index in [1.807, 2.05) is 19.1 Å². The number of halogens is 2. The van der Waals surface area contributed by atoms with E-state index in [4.69, 9.17) is 32.7 Å². The lowest BCUT2D eigenvalue weighted by atomic mass is 10.2. The minimum absolute atomic E-state index is 0.239. The van der Waals surface area contributed by atoms with Gasteiger partial charge in [-0.25, -0.2) is 5.43 Å². The Hall–Kier alpha value is -2.77. The zero-order valence-electron chi connectivity index (χ0n) is 15.1. The van der Waals surface area contributed by atoms with E-state index in [-0.39, 0.29) is 13.2 Å². The fourth-order valence-electron chi connectivity index (χ4n) is 2.00. The highest BCUT2D eigenvalue weighted by atomic mass is 35.5. The second-order valence-corrected chi connectivity index (χ2v) is 6.28. The first-order valence-corrected chi connectivity index (χ1v) is 9.13. The van der Waals surface area contributed by atoms with E-state index in [2.05, 4.69) is 15.8 Å². The molecule has 0 bridgehead atoms. The number of hydrazone groups is 1. The SMILES string of the molecule is CCOc1ccc(/C=N/NC(=O)CNC(=O)COc2ccc(Cl)cc2Cl)cc1. The first-order chi connectivity index (χ1) is 13.5. The van der Waals surface area contributed by atoms with Crippen LogP contribution in [-0.4, -0.2) is 37.8 Å². The van der Waals surface area contributed by atoms with Gasteiger partial charge in [-0.1, -0.05) is 23.2 Å². The van der Waals surface area contributed by atoms with Crippen molar-refractivity contribution in [2.24, 2.45) is 5.10 Å². The highest BCUT2D eigenvalue weighted by Crippen LogP contribution is 2.27. The third-order valence-corrected chi connectivity index (χ3v) is 3.82. The number of nitrogens with zero attached hydrogens (tertiary/aromatic N) is 1. The summed E-state index contributed by atoms with van der Waals surface area (Å²) in [6, 6.07) is 11.9. The summed E-state index contributed by atoms with van der Waals surface area (Å²) in [5.74, 6) is 0.135. The quantitative estimate of drug-likeness (QED) is 0.479. The van der Waals surface area contributed by atoms with Gasteiger partial charge in [0.25, 0.3) is 11.8 Å². The molecule has 0 aliphatic carbocycles. The fourth-order valence-corrected chi connectivity index (χ4v) is 2.46. The van der Waals surface area contributed by atoms with Gasteiger partial charge in [-0.05, 0) is 55.0 Å². The zero-order valence-corrected chi connectivity index (χ0v) is 16.6. The number of benzene rings is 2. The monoisotopic (exact) mass is 423 g/mol. The van der Waals surface area contributed by atoms with Crippen molar-refractivity contribution in [2.75, 3.05) is 19.8 Å². The van der Waals surface area contributed by atoms with E-state index in [1.54, 1.807) is 24.3 Å². The minimum atomic E-state index is -0.475. The minimum Gasteiger partial charge on any atom is -0.494 e. The maximum atomic E-state index is 11.7. The first kappa shape index (κ1) is 21.5. The molecule has 2 aromatic carbocycles. The summed E-state index contributed by atoms with van der Waals surface area (Å²) in [5, 5.41) is 7.00. The Morgan fingerprint density at radius 3 is 2.50 bits per heavy atom. The highest BCUT2D eigenvalue weighted by Gasteiger charge is 2.08. The molecule has 0 saturated carbocycles. The lowest BCUT2D eigenvalue weighted by Gasteiger charge is -2.08. The number of hydrogen-bond donors (Lipinski definition) is 2. The molecular weight excluding hydrogens is 405 g/mol. The molecule has 0 spiro atoms. The largest absolute Gasteiger partial charge is 0.494 e. The van der Waals surface area contributed by atoms with Crippen LogP contribution in [0.4, 0.5) is 0 Å². The van der Waals surface area contributed by atoms with Crippen LogP contribution in [0.2, 0.25) is 10.0 Å². The maximum Gasteiger partial charge on any atom is 0.259 e. The normalized spacial score (nSPS) is 10.5. The van der Waals surface area contributed by atoms with Crippen LogP contribution in [0.25, 0.3) is 0 Å². The topological polar surface area (TPSA) is 89.0 Å². The van der Waals surface area contributed by atoms with Gasteiger partial charge in [-0.15, -0.1) is 0 Å². The lowest BCUT2D eigenvalue weighted by molar-refractivity contribution is -0.127. The van der Waals surface area contributed by atoms with Gasteiger partial charge >= 0.3 is 0 Å². The summed E-state index contributed by atoms with van der Waals surface area (Å²) < 4.78 is 10.6. The van der Waals surface area contributed by atoms with Crippen molar-refractivity contribution in [3.05, 3.63) is 58.1 Å². The van der Waals surface area contributed by atoms with Gasteiger partial charge in [0.1, 0.15) is 11.5 Å². The van der Waals surface area contributed by atoms with Gasteiger partial charge in [-0.3, -0.25) is 9.59 Å². The molecule has 2 amide bonds. The molecule has 2 N–H and O–H groups in total. The van der Waals surface area contributed by atoms with Crippen molar-refractivity contribution in [3.8, 4) is 11.5 Å². The molecule has 0 radical (unpaired) electrons. The van der Waals surface area contributed by atoms with Crippen LogP contribution in [0.5, 0.6) is 11.5 Å². The van der Waals surface area contributed by atoms with Gasteiger partial charge in [-0.2, -0.15) is 5.10 Å². The van der Waals surface area contributed by atoms with E-state index in [0.29, 0.717) is 22.4 Å². The van der Waals surface area contributed by atoms with E-state index in [1.165, 1.54) is 12.3 Å². The molecule has 0 aliphatic heterocycles. The Kier molecular flexibility index (Phi) is 8.58. The molecule has 0 heterocycles. The van der Waals surface area contributed by atoms with Gasteiger partial charge in [0.15, 0.2) is 6.61 Å². The Morgan fingerprint density at radius 1 is 1.07 bits per heavy atom. The second-order valence-electron chi connectivity index (χ2n) is 5.44. The van der Waals surface area contributed by atoms with Crippen LogP contribution in [-0.2, 0) is 9.59 Å². The smallest absolute Gasteiger partial charge is 0.259 e. The maximum absolute atomic E-state index is 11.7. The molecule has 0 aromatic heterocycles. The number of carbonyl (C=O) groups is 2. The van der Waals surface area contributed by atoms with Crippen LogP contribution in [0, 0.1) is 0 Å². The molecule has 0 atom stereocenters. The third kappa shape index (κ3) is 7.46. The van der Waals surface area contributed by atoms with Gasteiger partial charge in [0.2, 0.25) is 0 Å². The summed E-state index contributed by atoms with van der Waals surface area (Å²) >= 11 is 11.7. The Balaban J connectivity index is 1.69. The Morgan fingerprint density at radius 2 is 1.82 bits per heavy atom. The van der Waals surface area contributed by atoms with Gasteiger partial charge < -0.3 is 14.8 Å². The predicted molar refractivity (Wildman–Crippen MR) is 108 cm³/mol. The summed E-state index contributed by atoms with van der Waals surface area (Å²) in [6.45, 7) is 1.97. The fraction of sp³-hybridized carbons (Fsp3) is 0.211. The lowest BCUT2D eigenvalue weighted by Crippen LogP contribution is -2.37. The summed E-state index contributed by atoms with van der Waals surface area (Å²) in [6.07, 6.45) is 1.49. The molecule has 0 fully saturated rings. The van der Waals surface area contributed by atoms with Crippen molar-refractivity contribution in [2.45, 2.75) is 6.92 Å². The van der Waals surface area contributed by atoms with Crippen LogP contribution in [0.1, 0.15) is 12.5 Å². The van der Waals surface area contributed by atoms with E-state index in [0.717, 1.165) is 11.3 Å². The predicted octanol–water partition coefficient (Wildman–Crippen LogP) is 3.04. The van der Waals surface area contributed by atoms with E-state index in [9.17, 15) is 9.59 Å². The van der Waals surface area contributed by atoms with Crippen molar-refractivity contribution in [3.63, 3.8) is 0 Å². The summed E-state index contributed by atoms with van der Waals surface area (Å²) in [5.41, 5.74) is 3.12. The standard InChI is InChI=1S/C19H19Cl2N3O4/c1-2-27-15-6-3-13(4-7-15)10-23-24-18(25)11-22-19(26)12-28-17-8-5-14(20)9-16(17)21/h3-10H,2,11-12H2,1H3,(H,22,26)(H,24,25)/b23-10+. The van der Waals surface area contributed by atoms with Crippen molar-refractivity contribution >= 4 is 41.2 Å². The number of hydrogen-bond acceptors (Lipinski definition) is 5. The molecule has 2 aromatic rings. The number of rotatable bonds is 9. The van der Waals surface area contributed by atoms with Crippen molar-refractivity contribution < 1.29 is 19.1 Å². The van der Waals surface area contributed by atoms with Gasteiger partial charge in [0.05, 0.1) is 24.4 Å². The number of ether oxygens (including phenoxy) is 2. The van der Waals surface area contributed by atoms with E-state index < -0.39 is 11.8 Å². The van der Waals surface area contributed by atoms with Crippen molar-refractivity contribution in [1.29, 1.82) is 0 Å². The third-order valence-electron chi connectivity index (χ3n) is 3.29. The number of nitrogens with one attached hydrogen (secondary N) is 2. The van der Waals surface area contributed by atoms with Crippen molar-refractivity contribution in [1.82, 2.24) is 10.7 Å². The Bertz CT molecular complexity index is 842. The van der Waals surface area contributed by atoms with Crippen LogP contribution < -0.4 is 20.2 Å². The molecule has 148 valence electrons. The molecule has 2 rings (SSSR count). The zero-order chi connectivity index (χ0) is 20.4. The molecule has 0 unspecified atom stereocenters. The molecule has 0 aliphatic rings. The Labute approximate surface area is 172 Å². The van der Waals surface area contributed by atoms with Crippen LogP contribution >= 0.6 is 23.2 Å². The molecular formula is C19H19Cl2N3O4. The van der Waals surface area contributed by atoms with Gasteiger partial charge in [0, 0.05) is 5.02 Å². The van der Waals surface area contributed by atoms with Crippen LogP contribution in [0.3, 0.4) is 0 Å². The molecule has 7 nitrogen and oxygen atoms in total. The number of amides is 2. The molecule has 28 heavy (non-hydrogen) atoms. The average Bonchev–Trinajstić information content (AvgIpc) is 2.67. The first-order valence-electron chi connectivity index (χ1n) is 8.37. The molecule has 9 heteroatoms.